The summed E-state index contributed by atoms with van der Waals surface area (Å²) in [4.78, 5) is 0. The highest BCUT2D eigenvalue weighted by molar-refractivity contribution is 7.91. The Morgan fingerprint density at radius 3 is 2.62 bits per heavy atom. The standard InChI is InChI=1S/C12H19ClO2S/c1-16(14,15)12-4-2-3-9(8-12)10-5-6-11(13)7-10/h7,9,11-12H,2-6,8H2,1H3. The zero-order valence-electron chi connectivity index (χ0n) is 9.65. The topological polar surface area (TPSA) is 34.1 Å². The fourth-order valence-electron chi connectivity index (χ4n) is 2.91. The number of alkyl halides is 1. The third kappa shape index (κ3) is 2.80. The smallest absolute Gasteiger partial charge is 0.150 e. The summed E-state index contributed by atoms with van der Waals surface area (Å²) in [7, 11) is -2.86. The molecule has 4 heteroatoms. The number of halogens is 1. The Morgan fingerprint density at radius 2 is 2.06 bits per heavy atom. The van der Waals surface area contributed by atoms with Crippen LogP contribution in [0.5, 0.6) is 0 Å². The summed E-state index contributed by atoms with van der Waals surface area (Å²) in [5, 5.41) is 0.0511. The summed E-state index contributed by atoms with van der Waals surface area (Å²) in [6.45, 7) is 0. The van der Waals surface area contributed by atoms with Crippen molar-refractivity contribution < 1.29 is 8.42 Å². The van der Waals surface area contributed by atoms with E-state index in [0.717, 1.165) is 38.5 Å². The fraction of sp³-hybridized carbons (Fsp3) is 0.833. The fourth-order valence-corrected chi connectivity index (χ4v) is 4.36. The molecule has 0 spiro atoms. The number of sulfone groups is 1. The van der Waals surface area contributed by atoms with Crippen molar-refractivity contribution in [1.82, 2.24) is 0 Å². The summed E-state index contributed by atoms with van der Waals surface area (Å²) in [5.41, 5.74) is 1.41. The number of hydrogen-bond donors (Lipinski definition) is 0. The molecule has 2 aliphatic carbocycles. The maximum absolute atomic E-state index is 11.6. The molecule has 0 radical (unpaired) electrons. The van der Waals surface area contributed by atoms with E-state index in [0.29, 0.717) is 5.92 Å². The molecule has 0 aromatic heterocycles. The van der Waals surface area contributed by atoms with Gasteiger partial charge < -0.3 is 0 Å². The summed E-state index contributed by atoms with van der Waals surface area (Å²) in [5.74, 6) is 0.470. The van der Waals surface area contributed by atoms with Crippen molar-refractivity contribution in [1.29, 1.82) is 0 Å². The molecule has 0 N–H and O–H groups in total. The van der Waals surface area contributed by atoms with Gasteiger partial charge in [0, 0.05) is 6.26 Å². The van der Waals surface area contributed by atoms with E-state index < -0.39 is 9.84 Å². The maximum Gasteiger partial charge on any atom is 0.150 e. The zero-order valence-corrected chi connectivity index (χ0v) is 11.2. The molecule has 3 unspecified atom stereocenters. The molecule has 0 aliphatic heterocycles. The molecule has 0 bridgehead atoms. The van der Waals surface area contributed by atoms with Gasteiger partial charge >= 0.3 is 0 Å². The van der Waals surface area contributed by atoms with Crippen LogP contribution in [0.4, 0.5) is 0 Å². The van der Waals surface area contributed by atoms with Crippen LogP contribution >= 0.6 is 11.6 Å². The van der Waals surface area contributed by atoms with Crippen LogP contribution in [0.1, 0.15) is 38.5 Å². The highest BCUT2D eigenvalue weighted by Crippen LogP contribution is 2.38. The van der Waals surface area contributed by atoms with Crippen LogP contribution < -0.4 is 0 Å². The molecule has 0 aromatic carbocycles. The molecular weight excluding hydrogens is 244 g/mol. The van der Waals surface area contributed by atoms with E-state index in [2.05, 4.69) is 6.08 Å². The Balaban J connectivity index is 2.05. The van der Waals surface area contributed by atoms with Crippen LogP contribution in [-0.2, 0) is 9.84 Å². The van der Waals surface area contributed by atoms with E-state index in [9.17, 15) is 8.42 Å². The molecule has 1 fully saturated rings. The van der Waals surface area contributed by atoms with Crippen LogP contribution in [0, 0.1) is 5.92 Å². The van der Waals surface area contributed by atoms with E-state index in [-0.39, 0.29) is 10.6 Å². The first kappa shape index (κ1) is 12.4. The van der Waals surface area contributed by atoms with Gasteiger partial charge in [-0.15, -0.1) is 11.6 Å². The second kappa shape index (κ2) is 4.69. The van der Waals surface area contributed by atoms with E-state index in [1.165, 1.54) is 11.8 Å². The van der Waals surface area contributed by atoms with Gasteiger partial charge in [0.15, 0.2) is 0 Å². The van der Waals surface area contributed by atoms with Crippen molar-refractivity contribution >= 4 is 21.4 Å². The minimum atomic E-state index is -2.86. The molecule has 92 valence electrons. The highest BCUT2D eigenvalue weighted by Gasteiger charge is 2.31. The number of hydrogen-bond acceptors (Lipinski definition) is 2. The summed E-state index contributed by atoms with van der Waals surface area (Å²) in [6, 6.07) is 0. The van der Waals surface area contributed by atoms with Crippen LogP contribution in [0.3, 0.4) is 0 Å². The van der Waals surface area contributed by atoms with Gasteiger partial charge in [-0.1, -0.05) is 18.1 Å². The zero-order chi connectivity index (χ0) is 11.8. The Labute approximate surface area is 103 Å². The van der Waals surface area contributed by atoms with Gasteiger partial charge in [-0.2, -0.15) is 0 Å². The molecule has 0 saturated heterocycles. The quantitative estimate of drug-likeness (QED) is 0.566. The van der Waals surface area contributed by atoms with Gasteiger partial charge in [-0.05, 0) is 38.0 Å². The number of rotatable bonds is 2. The largest absolute Gasteiger partial charge is 0.229 e. The monoisotopic (exact) mass is 262 g/mol. The van der Waals surface area contributed by atoms with Crippen molar-refractivity contribution in [2.24, 2.45) is 5.92 Å². The van der Waals surface area contributed by atoms with Gasteiger partial charge in [-0.3, -0.25) is 0 Å². The SMILES string of the molecule is CS(=O)(=O)C1CCCC(C2=CC(Cl)CC2)C1. The molecular formula is C12H19ClO2S. The van der Waals surface area contributed by atoms with E-state index >= 15 is 0 Å². The van der Waals surface area contributed by atoms with Gasteiger partial charge in [0.1, 0.15) is 9.84 Å². The molecule has 1 saturated carbocycles. The molecule has 2 nitrogen and oxygen atoms in total. The van der Waals surface area contributed by atoms with E-state index in [1.54, 1.807) is 0 Å². The maximum atomic E-state index is 11.6. The third-order valence-corrected chi connectivity index (χ3v) is 5.84. The lowest BCUT2D eigenvalue weighted by Gasteiger charge is -2.29. The minimum absolute atomic E-state index is 0.124. The Bertz CT molecular complexity index is 386. The Kier molecular flexibility index (Phi) is 3.65. The van der Waals surface area contributed by atoms with E-state index in [4.69, 9.17) is 11.6 Å². The first-order chi connectivity index (χ1) is 7.47. The van der Waals surface area contributed by atoms with Crippen molar-refractivity contribution in [3.8, 4) is 0 Å². The molecule has 0 aromatic rings. The van der Waals surface area contributed by atoms with Crippen molar-refractivity contribution in [3.63, 3.8) is 0 Å². The lowest BCUT2D eigenvalue weighted by molar-refractivity contribution is 0.394. The lowest BCUT2D eigenvalue weighted by Crippen LogP contribution is -2.28. The Hall–Kier alpha value is -0.0200. The molecule has 16 heavy (non-hydrogen) atoms. The average molecular weight is 263 g/mol. The van der Waals surface area contributed by atoms with Gasteiger partial charge in [-0.25, -0.2) is 8.42 Å². The second-order valence-electron chi connectivity index (χ2n) is 5.11. The molecule has 2 rings (SSSR count). The lowest BCUT2D eigenvalue weighted by atomic mass is 9.83. The van der Waals surface area contributed by atoms with Crippen LogP contribution in [-0.4, -0.2) is 25.3 Å². The summed E-state index contributed by atoms with van der Waals surface area (Å²) < 4.78 is 23.1. The highest BCUT2D eigenvalue weighted by atomic mass is 35.5. The third-order valence-electron chi connectivity index (χ3n) is 3.86. The minimum Gasteiger partial charge on any atom is -0.229 e. The first-order valence-electron chi connectivity index (χ1n) is 6.00. The van der Waals surface area contributed by atoms with Crippen molar-refractivity contribution in [2.75, 3.05) is 6.26 Å². The van der Waals surface area contributed by atoms with Crippen LogP contribution in [0.25, 0.3) is 0 Å². The van der Waals surface area contributed by atoms with Crippen molar-refractivity contribution in [3.05, 3.63) is 11.6 Å². The summed E-state index contributed by atoms with van der Waals surface area (Å²) in [6.07, 6.45) is 9.44. The molecule has 0 amide bonds. The van der Waals surface area contributed by atoms with E-state index in [1.807, 2.05) is 0 Å². The first-order valence-corrected chi connectivity index (χ1v) is 8.39. The van der Waals surface area contributed by atoms with Gasteiger partial charge in [0.2, 0.25) is 0 Å². The van der Waals surface area contributed by atoms with Crippen LogP contribution in [0.15, 0.2) is 11.6 Å². The molecule has 0 heterocycles. The second-order valence-corrected chi connectivity index (χ2v) is 8.00. The Morgan fingerprint density at radius 1 is 1.31 bits per heavy atom. The predicted octanol–water partition coefficient (Wildman–Crippen LogP) is 2.92. The van der Waals surface area contributed by atoms with Gasteiger partial charge in [0.25, 0.3) is 0 Å². The van der Waals surface area contributed by atoms with Crippen molar-refractivity contribution in [2.45, 2.75) is 49.2 Å². The summed E-state index contributed by atoms with van der Waals surface area (Å²) >= 11 is 6.06. The predicted molar refractivity (Wildman–Crippen MR) is 67.5 cm³/mol. The average Bonchev–Trinajstić information content (AvgIpc) is 2.64. The normalized spacial score (nSPS) is 36.1. The van der Waals surface area contributed by atoms with Crippen LogP contribution in [0.2, 0.25) is 0 Å². The molecule has 3 atom stereocenters. The molecule has 2 aliphatic rings. The number of allylic oxidation sites excluding steroid dienone is 2. The van der Waals surface area contributed by atoms with Gasteiger partial charge in [0.05, 0.1) is 10.6 Å².